The molecule has 13 nitrogen and oxygen atoms in total. The van der Waals surface area contributed by atoms with E-state index in [-0.39, 0.29) is 56.8 Å². The molecule has 54 heavy (non-hydrogen) atoms. The molecule has 1 aromatic heterocycles. The number of aryl methyl sites for hydroxylation is 1. The summed E-state index contributed by atoms with van der Waals surface area (Å²) in [4.78, 5) is 41.9. The lowest BCUT2D eigenvalue weighted by Crippen LogP contribution is -2.47. The average molecular weight is 759 g/mol. The first kappa shape index (κ1) is 41.9. The van der Waals surface area contributed by atoms with Gasteiger partial charge in [-0.05, 0) is 76.4 Å². The van der Waals surface area contributed by atoms with Crippen molar-refractivity contribution in [1.82, 2.24) is 24.9 Å². The monoisotopic (exact) mass is 758 g/mol. The van der Waals surface area contributed by atoms with E-state index < -0.39 is 36.5 Å². The highest BCUT2D eigenvalue weighted by atomic mass is 31.2. The fourth-order valence-corrected chi connectivity index (χ4v) is 8.74. The second-order valence-electron chi connectivity index (χ2n) is 13.3. The van der Waals surface area contributed by atoms with Crippen LogP contribution < -0.4 is 26.6 Å². The number of rotatable bonds is 20. The summed E-state index contributed by atoms with van der Waals surface area (Å²) in [6, 6.07) is 28.2. The number of hydrogen-bond donors (Lipinski definition) is 3. The summed E-state index contributed by atoms with van der Waals surface area (Å²) in [7, 11) is -2.23. The lowest BCUT2D eigenvalue weighted by Gasteiger charge is -2.37. The summed E-state index contributed by atoms with van der Waals surface area (Å²) >= 11 is 0. The number of nitrogens with zero attached hydrogens (tertiary/aromatic N) is 3. The Morgan fingerprint density at radius 3 is 1.98 bits per heavy atom. The minimum Gasteiger partial charge on any atom is -0.497 e. The number of amides is 1. The predicted molar refractivity (Wildman–Crippen MR) is 208 cm³/mol. The van der Waals surface area contributed by atoms with Crippen molar-refractivity contribution in [3.63, 3.8) is 0 Å². The Labute approximate surface area is 316 Å². The van der Waals surface area contributed by atoms with Gasteiger partial charge in [-0.2, -0.15) is 5.26 Å². The first-order valence-corrected chi connectivity index (χ1v) is 19.5. The van der Waals surface area contributed by atoms with Gasteiger partial charge in [0.15, 0.2) is 0 Å². The number of aromatic nitrogens is 2. The molecule has 1 amide bonds. The number of nitriles is 1. The van der Waals surface area contributed by atoms with Crippen molar-refractivity contribution in [2.45, 2.75) is 71.1 Å². The third kappa shape index (κ3) is 10.0. The molecule has 0 saturated carbocycles. The number of ether oxygens (including phenoxy) is 1. The highest BCUT2D eigenvalue weighted by molar-refractivity contribution is 7.51. The number of methoxy groups -OCH3 is 1. The van der Waals surface area contributed by atoms with Gasteiger partial charge in [-0.3, -0.25) is 33.5 Å². The van der Waals surface area contributed by atoms with Gasteiger partial charge in [0.1, 0.15) is 11.8 Å². The van der Waals surface area contributed by atoms with Crippen LogP contribution in [-0.2, 0) is 23.9 Å². The van der Waals surface area contributed by atoms with Crippen LogP contribution in [-0.4, -0.2) is 65.6 Å². The van der Waals surface area contributed by atoms with E-state index >= 15 is 0 Å². The highest BCUT2D eigenvalue weighted by Crippen LogP contribution is 2.54. The fraction of sp³-hybridized carbons (Fsp3) is 0.400. The van der Waals surface area contributed by atoms with Gasteiger partial charge in [0, 0.05) is 30.4 Å². The average Bonchev–Trinajstić information content (AvgIpc) is 3.16. The van der Waals surface area contributed by atoms with Gasteiger partial charge >= 0.3 is 13.4 Å². The number of nitrogens with one attached hydrogen (secondary N) is 3. The Morgan fingerprint density at radius 2 is 1.44 bits per heavy atom. The molecule has 1 heterocycles. The summed E-state index contributed by atoms with van der Waals surface area (Å²) in [6.45, 7) is 8.98. The largest absolute Gasteiger partial charge is 0.497 e. The molecule has 3 aromatic carbocycles. The second-order valence-corrected chi connectivity index (χ2v) is 15.2. The SMILES string of the molecule is COc1ccc(C(NCCC(C(=O)NCCOP(=O)(OCCC#N)N(C(C)C)C(C)C)n2cc(C)c(=O)[nH]c2=O)(c2ccccc2)c2ccccc2)cc1. The third-order valence-electron chi connectivity index (χ3n) is 8.99. The van der Waals surface area contributed by atoms with Crippen LogP contribution in [0.15, 0.2) is 101 Å². The number of hydrogen-bond acceptors (Lipinski definition) is 9. The molecular formula is C40H51N6O7P. The van der Waals surface area contributed by atoms with E-state index in [1.165, 1.54) is 10.8 Å². The molecule has 0 bridgehead atoms. The second kappa shape index (κ2) is 19.5. The first-order chi connectivity index (χ1) is 25.9. The van der Waals surface area contributed by atoms with Crippen LogP contribution in [0.5, 0.6) is 5.75 Å². The van der Waals surface area contributed by atoms with Crippen molar-refractivity contribution in [3.05, 3.63) is 134 Å². The molecule has 4 rings (SSSR count). The molecule has 3 N–H and O–H groups in total. The molecule has 0 aliphatic carbocycles. The molecule has 2 atom stereocenters. The lowest BCUT2D eigenvalue weighted by atomic mass is 9.77. The van der Waals surface area contributed by atoms with Gasteiger partial charge in [-0.15, -0.1) is 0 Å². The Bertz CT molecular complexity index is 1960. The minimum atomic E-state index is -3.84. The quantitative estimate of drug-likeness (QED) is 0.0582. The normalized spacial score (nSPS) is 13.4. The van der Waals surface area contributed by atoms with Crippen LogP contribution in [0.25, 0.3) is 0 Å². The molecule has 2 unspecified atom stereocenters. The minimum absolute atomic E-state index is 0.0332. The van der Waals surface area contributed by atoms with Gasteiger partial charge in [0.2, 0.25) is 5.91 Å². The molecule has 0 fully saturated rings. The van der Waals surface area contributed by atoms with E-state index in [0.29, 0.717) is 5.75 Å². The van der Waals surface area contributed by atoms with Crippen LogP contribution >= 0.6 is 7.75 Å². The Balaban J connectivity index is 1.64. The van der Waals surface area contributed by atoms with Crippen LogP contribution in [0.4, 0.5) is 0 Å². The maximum Gasteiger partial charge on any atom is 0.408 e. The first-order valence-electron chi connectivity index (χ1n) is 18.0. The topological polar surface area (TPSA) is 168 Å². The van der Waals surface area contributed by atoms with E-state index in [9.17, 15) is 18.9 Å². The molecule has 0 saturated heterocycles. The summed E-state index contributed by atoms with van der Waals surface area (Å²) < 4.78 is 33.8. The van der Waals surface area contributed by atoms with Gasteiger partial charge in [0.25, 0.3) is 5.56 Å². The van der Waals surface area contributed by atoms with E-state index in [1.54, 1.807) is 18.7 Å². The predicted octanol–water partition coefficient (Wildman–Crippen LogP) is 5.66. The highest BCUT2D eigenvalue weighted by Gasteiger charge is 2.38. The summed E-state index contributed by atoms with van der Waals surface area (Å²) in [6.07, 6.45) is 1.55. The standard InChI is InChI=1S/C40H51N6O7P/c1-29(2)46(30(3)4)54(50,52-26-13-23-41)53-27-25-42-38(48)36(45-28-31(5)37(47)44-39(45)49)22-24-43-40(32-14-9-7-10-15-32,33-16-11-8-12-17-33)34-18-20-35(51-6)21-19-34/h7-12,14-21,28-30,36,43H,13,22,24-27H2,1-6H3,(H,42,48)(H,44,47,49). The Morgan fingerprint density at radius 1 is 0.889 bits per heavy atom. The van der Waals surface area contributed by atoms with Crippen LogP contribution in [0.2, 0.25) is 0 Å². The maximum absolute atomic E-state index is 14.0. The number of aromatic amines is 1. The molecule has 4 aromatic rings. The lowest BCUT2D eigenvalue weighted by molar-refractivity contribution is -0.124. The van der Waals surface area contributed by atoms with E-state index in [2.05, 4.69) is 15.6 Å². The molecule has 14 heteroatoms. The zero-order chi connectivity index (χ0) is 39.3. The van der Waals surface area contributed by atoms with E-state index in [4.69, 9.17) is 19.0 Å². The number of H-pyrrole nitrogens is 1. The summed E-state index contributed by atoms with van der Waals surface area (Å²) in [5, 5.41) is 15.6. The van der Waals surface area contributed by atoms with Crippen molar-refractivity contribution in [2.75, 3.05) is 33.4 Å². The van der Waals surface area contributed by atoms with Crippen molar-refractivity contribution in [1.29, 1.82) is 5.26 Å². The Hall–Kier alpha value is -4.83. The summed E-state index contributed by atoms with van der Waals surface area (Å²) in [5.41, 5.74) is 0.956. The van der Waals surface area contributed by atoms with E-state index in [0.717, 1.165) is 16.7 Å². The number of carbonyl (C=O) groups excluding carboxylic acids is 1. The smallest absolute Gasteiger partial charge is 0.408 e. The zero-order valence-electron chi connectivity index (χ0n) is 31.8. The third-order valence-corrected chi connectivity index (χ3v) is 11.5. The van der Waals surface area contributed by atoms with Crippen molar-refractivity contribution < 1.29 is 23.1 Å². The van der Waals surface area contributed by atoms with E-state index in [1.807, 2.05) is 119 Å². The van der Waals surface area contributed by atoms with Crippen LogP contribution in [0.1, 0.15) is 68.8 Å². The van der Waals surface area contributed by atoms with Gasteiger partial charge in [-0.25, -0.2) is 14.0 Å². The molecule has 0 aliphatic heterocycles. The van der Waals surface area contributed by atoms with Gasteiger partial charge < -0.3 is 10.1 Å². The van der Waals surface area contributed by atoms with Gasteiger partial charge in [-0.1, -0.05) is 72.8 Å². The molecule has 0 aliphatic rings. The van der Waals surface area contributed by atoms with Crippen LogP contribution in [0, 0.1) is 18.3 Å². The van der Waals surface area contributed by atoms with Gasteiger partial charge in [0.05, 0.1) is 38.4 Å². The fourth-order valence-electron chi connectivity index (χ4n) is 6.63. The molecule has 288 valence electrons. The molecule has 0 radical (unpaired) electrons. The number of benzene rings is 3. The van der Waals surface area contributed by atoms with Crippen molar-refractivity contribution in [2.24, 2.45) is 0 Å². The maximum atomic E-state index is 14.0. The zero-order valence-corrected chi connectivity index (χ0v) is 32.7. The molecular weight excluding hydrogens is 707 g/mol. The van der Waals surface area contributed by atoms with Crippen LogP contribution in [0.3, 0.4) is 0 Å². The molecule has 0 spiro atoms. The summed E-state index contributed by atoms with van der Waals surface area (Å²) in [5.74, 6) is 0.196. The number of carbonyl (C=O) groups is 1. The van der Waals surface area contributed by atoms with Crippen molar-refractivity contribution in [3.8, 4) is 11.8 Å². The van der Waals surface area contributed by atoms with Crippen molar-refractivity contribution >= 4 is 13.7 Å². The Kier molecular flexibility index (Phi) is 15.1.